The maximum atomic E-state index is 12.1. The molecule has 24 heavy (non-hydrogen) atoms. The lowest BCUT2D eigenvalue weighted by Crippen LogP contribution is -2.25. The number of hydrogen-bond donors (Lipinski definition) is 2. The van der Waals surface area contributed by atoms with Gasteiger partial charge >= 0.3 is 0 Å². The molecule has 0 fully saturated rings. The number of rotatable bonds is 4. The molecular formula is C16H13N3O4S. The zero-order valence-corrected chi connectivity index (χ0v) is 13.4. The normalized spacial score (nSPS) is 10.5. The molecule has 3 rings (SSSR count). The van der Waals surface area contributed by atoms with E-state index >= 15 is 0 Å². The third kappa shape index (κ3) is 2.63. The van der Waals surface area contributed by atoms with Crippen LogP contribution >= 0.6 is 11.3 Å². The van der Waals surface area contributed by atoms with Crippen LogP contribution in [0.2, 0.25) is 0 Å². The number of carbonyl (C=O) groups excluding carboxylic acids is 2. The number of nitrogens with zero attached hydrogens (tertiary/aromatic N) is 2. The Morgan fingerprint density at radius 3 is 2.58 bits per heavy atom. The highest BCUT2D eigenvalue weighted by Gasteiger charge is 2.30. The van der Waals surface area contributed by atoms with Crippen molar-refractivity contribution in [3.05, 3.63) is 47.3 Å². The molecule has 0 saturated heterocycles. The first kappa shape index (κ1) is 15.8. The number of carbonyl (C=O) groups is 2. The molecule has 1 aromatic carbocycles. The Balaban J connectivity index is 2.22. The molecule has 7 nitrogen and oxygen atoms in total. The van der Waals surface area contributed by atoms with Crippen LogP contribution in [0.3, 0.4) is 0 Å². The first-order valence-corrected chi connectivity index (χ1v) is 7.80. The zero-order chi connectivity index (χ0) is 17.3. The van der Waals surface area contributed by atoms with Gasteiger partial charge in [0.05, 0.1) is 10.6 Å². The average Bonchev–Trinajstić information content (AvgIpc) is 3.17. The van der Waals surface area contributed by atoms with Crippen LogP contribution in [-0.4, -0.2) is 22.1 Å². The molecule has 0 bridgehead atoms. The molecule has 0 aliphatic rings. The van der Waals surface area contributed by atoms with Crippen molar-refractivity contribution in [1.82, 2.24) is 5.16 Å². The molecule has 2 aromatic heterocycles. The first-order chi connectivity index (χ1) is 11.5. The van der Waals surface area contributed by atoms with Crippen LogP contribution in [0.4, 0.5) is 11.6 Å². The van der Waals surface area contributed by atoms with E-state index in [-0.39, 0.29) is 28.6 Å². The molecule has 122 valence electrons. The summed E-state index contributed by atoms with van der Waals surface area (Å²) in [7, 11) is 0. The number of para-hydroxylation sites is 2. The van der Waals surface area contributed by atoms with Gasteiger partial charge in [-0.2, -0.15) is 0 Å². The van der Waals surface area contributed by atoms with Crippen molar-refractivity contribution >= 4 is 34.7 Å². The van der Waals surface area contributed by atoms with Crippen molar-refractivity contribution in [3.63, 3.8) is 0 Å². The van der Waals surface area contributed by atoms with Gasteiger partial charge in [-0.3, -0.25) is 9.59 Å². The van der Waals surface area contributed by atoms with Gasteiger partial charge in [0.1, 0.15) is 17.0 Å². The number of aromatic hydroxyl groups is 1. The number of thiophene rings is 1. The minimum atomic E-state index is -0.781. The second-order valence-corrected chi connectivity index (χ2v) is 5.84. The smallest absolute Gasteiger partial charge is 0.256 e. The van der Waals surface area contributed by atoms with Crippen LogP contribution in [0.25, 0.3) is 10.6 Å². The number of phenolic OH excluding ortho intramolecular Hbond substituents is 1. The largest absolute Gasteiger partial charge is 0.506 e. The highest BCUT2D eigenvalue weighted by molar-refractivity contribution is 7.13. The summed E-state index contributed by atoms with van der Waals surface area (Å²) in [5.41, 5.74) is 5.89. The van der Waals surface area contributed by atoms with Crippen molar-refractivity contribution in [3.8, 4) is 16.3 Å². The van der Waals surface area contributed by atoms with Gasteiger partial charge in [-0.1, -0.05) is 23.4 Å². The standard InChI is InChI=1S/C16H13N3O4S/c1-9(20)19(10-5-2-3-6-11(10)21)16-13(15(17)22)14(18-23-16)12-7-4-8-24-12/h2-8,21H,1H3,(H2,17,22). The molecule has 0 saturated carbocycles. The zero-order valence-electron chi connectivity index (χ0n) is 12.6. The van der Waals surface area contributed by atoms with E-state index in [4.69, 9.17) is 10.3 Å². The molecule has 2 heterocycles. The van der Waals surface area contributed by atoms with E-state index in [1.807, 2.05) is 5.38 Å². The molecule has 0 unspecified atom stereocenters. The highest BCUT2D eigenvalue weighted by Crippen LogP contribution is 2.39. The van der Waals surface area contributed by atoms with Gasteiger partial charge in [0.25, 0.3) is 11.8 Å². The van der Waals surface area contributed by atoms with Crippen molar-refractivity contribution in [2.24, 2.45) is 5.73 Å². The number of aromatic nitrogens is 1. The van der Waals surface area contributed by atoms with Gasteiger partial charge < -0.3 is 15.4 Å². The average molecular weight is 343 g/mol. The fraction of sp³-hybridized carbons (Fsp3) is 0.0625. The summed E-state index contributed by atoms with van der Waals surface area (Å²) in [6.07, 6.45) is 0. The van der Waals surface area contributed by atoms with E-state index in [1.165, 1.54) is 30.4 Å². The van der Waals surface area contributed by atoms with Crippen molar-refractivity contribution in [2.75, 3.05) is 4.90 Å². The van der Waals surface area contributed by atoms with Crippen LogP contribution in [0.15, 0.2) is 46.3 Å². The summed E-state index contributed by atoms with van der Waals surface area (Å²) in [6, 6.07) is 9.76. The third-order valence-corrected chi connectivity index (χ3v) is 4.19. The Morgan fingerprint density at radius 1 is 1.25 bits per heavy atom. The Kier molecular flexibility index (Phi) is 4.05. The quantitative estimate of drug-likeness (QED) is 0.757. The molecule has 0 atom stereocenters. The number of hydrogen-bond acceptors (Lipinski definition) is 6. The number of amides is 2. The predicted molar refractivity (Wildman–Crippen MR) is 89.3 cm³/mol. The van der Waals surface area contributed by atoms with Crippen molar-refractivity contribution in [2.45, 2.75) is 6.92 Å². The van der Waals surface area contributed by atoms with E-state index in [2.05, 4.69) is 5.16 Å². The monoisotopic (exact) mass is 343 g/mol. The molecule has 3 N–H and O–H groups in total. The van der Waals surface area contributed by atoms with Crippen LogP contribution in [0.1, 0.15) is 17.3 Å². The molecule has 3 aromatic rings. The molecule has 0 spiro atoms. The molecular weight excluding hydrogens is 330 g/mol. The minimum Gasteiger partial charge on any atom is -0.506 e. The molecule has 0 aliphatic heterocycles. The van der Waals surface area contributed by atoms with Crippen molar-refractivity contribution in [1.29, 1.82) is 0 Å². The second kappa shape index (κ2) is 6.17. The number of primary amides is 1. The first-order valence-electron chi connectivity index (χ1n) is 6.92. The van der Waals surface area contributed by atoms with Crippen LogP contribution in [0, 0.1) is 0 Å². The SMILES string of the molecule is CC(=O)N(c1ccccc1O)c1onc(-c2cccs2)c1C(N)=O. The number of benzene rings is 1. The Labute approximate surface area is 140 Å². The lowest BCUT2D eigenvalue weighted by Gasteiger charge is -2.19. The number of phenols is 1. The lowest BCUT2D eigenvalue weighted by atomic mass is 10.1. The van der Waals surface area contributed by atoms with E-state index in [0.717, 1.165) is 4.90 Å². The van der Waals surface area contributed by atoms with E-state index in [0.29, 0.717) is 4.88 Å². The van der Waals surface area contributed by atoms with E-state index in [1.54, 1.807) is 24.3 Å². The summed E-state index contributed by atoms with van der Waals surface area (Å²) < 4.78 is 5.26. The summed E-state index contributed by atoms with van der Waals surface area (Å²) in [5.74, 6) is -1.51. The molecule has 0 aliphatic carbocycles. The van der Waals surface area contributed by atoms with Crippen LogP contribution < -0.4 is 10.6 Å². The summed E-state index contributed by atoms with van der Waals surface area (Å²) >= 11 is 1.36. The molecule has 0 radical (unpaired) electrons. The topological polar surface area (TPSA) is 110 Å². The van der Waals surface area contributed by atoms with E-state index in [9.17, 15) is 14.7 Å². The Bertz CT molecular complexity index is 902. The summed E-state index contributed by atoms with van der Waals surface area (Å²) in [5, 5.41) is 15.8. The fourth-order valence-electron chi connectivity index (χ4n) is 2.31. The van der Waals surface area contributed by atoms with Crippen LogP contribution in [0.5, 0.6) is 5.75 Å². The maximum Gasteiger partial charge on any atom is 0.256 e. The van der Waals surface area contributed by atoms with Gasteiger partial charge in [0, 0.05) is 6.92 Å². The van der Waals surface area contributed by atoms with Crippen molar-refractivity contribution < 1.29 is 19.2 Å². The number of anilines is 2. The van der Waals surface area contributed by atoms with Gasteiger partial charge in [-0.05, 0) is 23.6 Å². The summed E-state index contributed by atoms with van der Waals surface area (Å²) in [4.78, 5) is 25.9. The van der Waals surface area contributed by atoms with Gasteiger partial charge in [0.2, 0.25) is 5.91 Å². The Hall–Kier alpha value is -3.13. The highest BCUT2D eigenvalue weighted by atomic mass is 32.1. The van der Waals surface area contributed by atoms with Gasteiger partial charge in [-0.25, -0.2) is 4.90 Å². The second-order valence-electron chi connectivity index (χ2n) is 4.90. The van der Waals surface area contributed by atoms with E-state index < -0.39 is 11.8 Å². The van der Waals surface area contributed by atoms with Gasteiger partial charge in [0.15, 0.2) is 0 Å². The molecule has 8 heteroatoms. The maximum absolute atomic E-state index is 12.1. The van der Waals surface area contributed by atoms with Crippen LogP contribution in [-0.2, 0) is 4.79 Å². The minimum absolute atomic E-state index is 0.0177. The van der Waals surface area contributed by atoms with Gasteiger partial charge in [-0.15, -0.1) is 11.3 Å². The summed E-state index contributed by atoms with van der Waals surface area (Å²) in [6.45, 7) is 1.28. The number of nitrogens with two attached hydrogens (primary N) is 1. The fourth-order valence-corrected chi connectivity index (χ4v) is 3.02. The molecule has 2 amide bonds. The predicted octanol–water partition coefficient (Wildman–Crippen LogP) is 2.89. The Morgan fingerprint density at radius 2 is 2.00 bits per heavy atom. The third-order valence-electron chi connectivity index (χ3n) is 3.32. The lowest BCUT2D eigenvalue weighted by molar-refractivity contribution is -0.116.